The van der Waals surface area contributed by atoms with Gasteiger partial charge in [0.2, 0.25) is 0 Å². The summed E-state index contributed by atoms with van der Waals surface area (Å²) in [4.78, 5) is 0. The average molecular weight is 186 g/mol. The molecule has 0 heterocycles. The first-order valence-corrected chi connectivity index (χ1v) is 6.73. The smallest absolute Gasteiger partial charge is 0.0122 e. The van der Waals surface area contributed by atoms with Gasteiger partial charge in [0.1, 0.15) is 0 Å². The molecule has 7 fully saturated rings. The van der Waals surface area contributed by atoms with Crippen LogP contribution >= 0.6 is 0 Å². The van der Waals surface area contributed by atoms with Crippen LogP contribution in [-0.2, 0) is 0 Å². The van der Waals surface area contributed by atoms with Gasteiger partial charge in [0.25, 0.3) is 0 Å². The van der Waals surface area contributed by atoms with E-state index in [0.717, 1.165) is 16.2 Å². The highest BCUT2D eigenvalue weighted by molar-refractivity contribution is 5.43. The van der Waals surface area contributed by atoms with Gasteiger partial charge in [0.05, 0.1) is 0 Å². The molecule has 0 saturated heterocycles. The molecule has 7 aliphatic rings. The SMILES string of the molecule is CC12CC3C4CC5C6CC(C4)(CC61)C352. The summed E-state index contributed by atoms with van der Waals surface area (Å²) in [6.45, 7) is 2.69. The van der Waals surface area contributed by atoms with Crippen molar-refractivity contribution in [2.24, 2.45) is 45.8 Å². The first-order chi connectivity index (χ1) is 6.73. The maximum Gasteiger partial charge on any atom is -0.0122 e. The number of hydrogen-bond acceptors (Lipinski definition) is 0. The molecule has 0 N–H and O–H groups in total. The van der Waals surface area contributed by atoms with Crippen LogP contribution in [0.2, 0.25) is 0 Å². The Hall–Kier alpha value is 0. The minimum Gasteiger partial charge on any atom is -0.0588 e. The van der Waals surface area contributed by atoms with E-state index in [1.165, 1.54) is 29.6 Å². The second kappa shape index (κ2) is 1.30. The van der Waals surface area contributed by atoms with Gasteiger partial charge in [-0.3, -0.25) is 0 Å². The number of rotatable bonds is 0. The zero-order valence-corrected chi connectivity index (χ0v) is 8.92. The highest BCUT2D eigenvalue weighted by Crippen LogP contribution is 3.01. The molecule has 8 unspecified atom stereocenters. The van der Waals surface area contributed by atoms with Crippen LogP contribution in [0.1, 0.15) is 39.0 Å². The van der Waals surface area contributed by atoms with Crippen LogP contribution in [0.25, 0.3) is 0 Å². The van der Waals surface area contributed by atoms with E-state index >= 15 is 0 Å². The Kier molecular flexibility index (Phi) is 0.607. The second-order valence-corrected chi connectivity index (χ2v) is 7.86. The van der Waals surface area contributed by atoms with Crippen molar-refractivity contribution in [1.82, 2.24) is 0 Å². The topological polar surface area (TPSA) is 0 Å². The molecule has 74 valence electrons. The van der Waals surface area contributed by atoms with Crippen LogP contribution in [0.5, 0.6) is 0 Å². The van der Waals surface area contributed by atoms with Crippen molar-refractivity contribution in [3.63, 3.8) is 0 Å². The molecule has 0 nitrogen and oxygen atoms in total. The van der Waals surface area contributed by atoms with E-state index in [1.807, 2.05) is 0 Å². The Morgan fingerprint density at radius 2 is 1.86 bits per heavy atom. The van der Waals surface area contributed by atoms with Gasteiger partial charge in [-0.15, -0.1) is 0 Å². The van der Waals surface area contributed by atoms with E-state index < -0.39 is 0 Å². The van der Waals surface area contributed by atoms with E-state index in [2.05, 4.69) is 6.92 Å². The van der Waals surface area contributed by atoms with E-state index in [1.54, 1.807) is 32.1 Å². The largest absolute Gasteiger partial charge is 0.0588 e. The van der Waals surface area contributed by atoms with Gasteiger partial charge in [-0.2, -0.15) is 0 Å². The summed E-state index contributed by atoms with van der Waals surface area (Å²) >= 11 is 0. The molecular formula is C14H18. The molecule has 0 aromatic heterocycles. The molecule has 0 radical (unpaired) electrons. The van der Waals surface area contributed by atoms with Gasteiger partial charge < -0.3 is 0 Å². The number of hydrogen-bond donors (Lipinski definition) is 0. The molecule has 0 amide bonds. The Morgan fingerprint density at radius 1 is 0.929 bits per heavy atom. The Balaban J connectivity index is 1.85. The predicted molar refractivity (Wildman–Crippen MR) is 53.5 cm³/mol. The molecule has 7 aliphatic carbocycles. The van der Waals surface area contributed by atoms with Crippen molar-refractivity contribution in [2.45, 2.75) is 39.0 Å². The fraction of sp³-hybridized carbons (Fsp3) is 1.00. The minimum absolute atomic E-state index is 0.872. The van der Waals surface area contributed by atoms with E-state index in [0.29, 0.717) is 0 Å². The third-order valence-corrected chi connectivity index (χ3v) is 8.50. The molecule has 5 bridgehead atoms. The maximum absolute atomic E-state index is 2.69. The first-order valence-electron chi connectivity index (χ1n) is 6.73. The molecular weight excluding hydrogens is 168 g/mol. The normalized spacial score (nSPS) is 88.5. The van der Waals surface area contributed by atoms with Crippen molar-refractivity contribution in [3.05, 3.63) is 0 Å². The maximum atomic E-state index is 2.69. The molecule has 2 spiro atoms. The predicted octanol–water partition coefficient (Wildman–Crippen LogP) is 3.08. The average Bonchev–Trinajstić information content (AvgIpc) is 2.77. The molecule has 0 aliphatic heterocycles. The van der Waals surface area contributed by atoms with Gasteiger partial charge in [0, 0.05) is 0 Å². The van der Waals surface area contributed by atoms with E-state index in [4.69, 9.17) is 0 Å². The van der Waals surface area contributed by atoms with Gasteiger partial charge in [-0.25, -0.2) is 0 Å². The van der Waals surface area contributed by atoms with E-state index in [-0.39, 0.29) is 0 Å². The molecule has 7 saturated carbocycles. The highest BCUT2D eigenvalue weighted by atomic mass is 15.0. The summed E-state index contributed by atoms with van der Waals surface area (Å²) in [6, 6.07) is 0. The minimum atomic E-state index is 0.872. The Labute approximate surface area is 85.4 Å². The lowest BCUT2D eigenvalue weighted by atomic mass is 9.44. The quantitative estimate of drug-likeness (QED) is 0.545. The summed E-state index contributed by atoms with van der Waals surface area (Å²) in [6.07, 6.45) is 8.36. The standard InChI is InChI=1S/C14H18/c1-12-5-10-7-2-9-8-4-13(3-7,6-11(8)12)14(9,10)12/h7-11H,2-6H2,1H3. The lowest BCUT2D eigenvalue weighted by molar-refractivity contribution is -0.128. The van der Waals surface area contributed by atoms with Crippen LogP contribution in [0.15, 0.2) is 0 Å². The zero-order chi connectivity index (χ0) is 8.92. The molecule has 14 heavy (non-hydrogen) atoms. The fourth-order valence-corrected chi connectivity index (χ4v) is 9.13. The van der Waals surface area contributed by atoms with Crippen LogP contribution < -0.4 is 0 Å². The van der Waals surface area contributed by atoms with Crippen LogP contribution in [-0.4, -0.2) is 0 Å². The second-order valence-electron chi connectivity index (χ2n) is 7.86. The highest BCUT2D eigenvalue weighted by Gasteiger charge is 2.95. The molecule has 7 rings (SSSR count). The fourth-order valence-electron chi connectivity index (χ4n) is 9.13. The van der Waals surface area contributed by atoms with Crippen molar-refractivity contribution < 1.29 is 0 Å². The lowest BCUT2D eigenvalue weighted by Crippen LogP contribution is -2.55. The van der Waals surface area contributed by atoms with Crippen molar-refractivity contribution in [3.8, 4) is 0 Å². The first kappa shape index (κ1) is 6.55. The van der Waals surface area contributed by atoms with Crippen molar-refractivity contribution in [2.75, 3.05) is 0 Å². The van der Waals surface area contributed by atoms with Gasteiger partial charge >= 0.3 is 0 Å². The lowest BCUT2D eigenvalue weighted by Gasteiger charge is -2.60. The van der Waals surface area contributed by atoms with Crippen molar-refractivity contribution in [1.29, 1.82) is 0 Å². The Bertz CT molecular complexity index is 395. The molecule has 0 aromatic rings. The molecule has 8 atom stereocenters. The summed E-state index contributed by atoms with van der Waals surface area (Å²) in [5.41, 5.74) is 2.77. The zero-order valence-electron chi connectivity index (χ0n) is 8.92. The third-order valence-electron chi connectivity index (χ3n) is 8.50. The van der Waals surface area contributed by atoms with E-state index in [9.17, 15) is 0 Å². The molecule has 0 heteroatoms. The Morgan fingerprint density at radius 3 is 2.64 bits per heavy atom. The summed E-state index contributed by atoms with van der Waals surface area (Å²) in [5.74, 6) is 6.10. The van der Waals surface area contributed by atoms with Gasteiger partial charge in [0.15, 0.2) is 0 Å². The summed E-state index contributed by atoms with van der Waals surface area (Å²) in [7, 11) is 0. The van der Waals surface area contributed by atoms with Gasteiger partial charge in [-0.1, -0.05) is 6.92 Å². The summed E-state index contributed by atoms with van der Waals surface area (Å²) < 4.78 is 0. The van der Waals surface area contributed by atoms with Crippen molar-refractivity contribution >= 4 is 0 Å². The summed E-state index contributed by atoms with van der Waals surface area (Å²) in [5, 5.41) is 0. The van der Waals surface area contributed by atoms with Crippen LogP contribution in [0.3, 0.4) is 0 Å². The molecule has 0 aromatic carbocycles. The van der Waals surface area contributed by atoms with Gasteiger partial charge in [-0.05, 0) is 77.9 Å². The van der Waals surface area contributed by atoms with Crippen LogP contribution in [0.4, 0.5) is 0 Å². The van der Waals surface area contributed by atoms with Crippen LogP contribution in [0, 0.1) is 45.8 Å². The third kappa shape index (κ3) is 0.280. The monoisotopic (exact) mass is 186 g/mol.